The number of thioether (sulfide) groups is 1. The van der Waals surface area contributed by atoms with Crippen molar-refractivity contribution in [2.45, 2.75) is 6.54 Å². The molecule has 3 rings (SSSR count). The van der Waals surface area contributed by atoms with Gasteiger partial charge in [-0.25, -0.2) is 4.39 Å². The van der Waals surface area contributed by atoms with E-state index in [1.807, 2.05) is 0 Å². The van der Waals surface area contributed by atoms with Gasteiger partial charge in [0.05, 0.1) is 18.6 Å². The van der Waals surface area contributed by atoms with E-state index in [1.165, 1.54) is 31.4 Å². The smallest absolute Gasteiger partial charge is 0.293 e. The van der Waals surface area contributed by atoms with Gasteiger partial charge < -0.3 is 9.84 Å². The van der Waals surface area contributed by atoms with E-state index in [2.05, 4.69) is 15.9 Å². The van der Waals surface area contributed by atoms with Crippen molar-refractivity contribution >= 4 is 56.5 Å². The van der Waals surface area contributed by atoms with Crippen LogP contribution in [0, 0.1) is 5.82 Å². The molecule has 1 saturated heterocycles. The van der Waals surface area contributed by atoms with Crippen LogP contribution in [0.5, 0.6) is 11.5 Å². The highest BCUT2D eigenvalue weighted by molar-refractivity contribution is 9.10. The molecule has 5 nitrogen and oxygen atoms in total. The maximum Gasteiger partial charge on any atom is 0.293 e. The summed E-state index contributed by atoms with van der Waals surface area (Å²) in [6, 6.07) is 6.77. The highest BCUT2D eigenvalue weighted by Gasteiger charge is 2.35. The van der Waals surface area contributed by atoms with Gasteiger partial charge in [-0.15, -0.1) is 0 Å². The molecule has 1 aliphatic rings. The summed E-state index contributed by atoms with van der Waals surface area (Å²) >= 11 is 10.1. The molecule has 0 aromatic heterocycles. The number of hydrogen-bond acceptors (Lipinski definition) is 5. The molecule has 1 N–H and O–H groups in total. The molecular formula is C18H12BrClFNO4S. The quantitative estimate of drug-likeness (QED) is 0.620. The molecule has 9 heteroatoms. The van der Waals surface area contributed by atoms with Crippen LogP contribution in [0.25, 0.3) is 6.08 Å². The first-order valence-electron chi connectivity index (χ1n) is 7.56. The van der Waals surface area contributed by atoms with E-state index in [4.69, 9.17) is 16.3 Å². The minimum Gasteiger partial charge on any atom is -0.504 e. The lowest BCUT2D eigenvalue weighted by Gasteiger charge is -2.13. The van der Waals surface area contributed by atoms with Gasteiger partial charge in [0.2, 0.25) is 0 Å². The number of imide groups is 1. The second-order valence-corrected chi connectivity index (χ2v) is 7.80. The van der Waals surface area contributed by atoms with Crippen LogP contribution in [0.4, 0.5) is 9.18 Å². The van der Waals surface area contributed by atoms with E-state index in [9.17, 15) is 19.1 Å². The molecule has 0 spiro atoms. The van der Waals surface area contributed by atoms with E-state index >= 15 is 0 Å². The third-order valence-corrected chi connectivity index (χ3v) is 5.75. The van der Waals surface area contributed by atoms with E-state index in [0.29, 0.717) is 15.6 Å². The predicted octanol–water partition coefficient (Wildman–Crippen LogP) is 5.19. The standard InChI is InChI=1S/C18H12BrClFNO4S/c1-26-15-4-10(12(19)7-14(15)23)5-16-17(24)22(18(25)27-16)8-9-2-3-11(21)6-13(9)20/h2-7,23H,8H2,1H3/b16-5+. The number of ether oxygens (including phenoxy) is 1. The Morgan fingerprint density at radius 1 is 1.33 bits per heavy atom. The molecule has 1 aliphatic heterocycles. The second kappa shape index (κ2) is 7.92. The van der Waals surface area contributed by atoms with Gasteiger partial charge in [-0.05, 0) is 53.2 Å². The number of phenols is 1. The normalized spacial score (nSPS) is 15.7. The van der Waals surface area contributed by atoms with Crippen LogP contribution in [0.2, 0.25) is 5.02 Å². The van der Waals surface area contributed by atoms with Crippen molar-refractivity contribution in [3.63, 3.8) is 0 Å². The van der Waals surface area contributed by atoms with Gasteiger partial charge >= 0.3 is 0 Å². The fraction of sp³-hybridized carbons (Fsp3) is 0.111. The number of carbonyl (C=O) groups excluding carboxylic acids is 2. The Bertz CT molecular complexity index is 982. The van der Waals surface area contributed by atoms with Crippen LogP contribution in [0.15, 0.2) is 39.7 Å². The third-order valence-electron chi connectivity index (χ3n) is 3.80. The molecular weight excluding hydrogens is 461 g/mol. The van der Waals surface area contributed by atoms with Crippen molar-refractivity contribution in [2.75, 3.05) is 7.11 Å². The number of aromatic hydroxyl groups is 1. The number of halogens is 3. The van der Waals surface area contributed by atoms with E-state index in [0.717, 1.165) is 22.7 Å². The van der Waals surface area contributed by atoms with Crippen molar-refractivity contribution in [3.05, 3.63) is 61.7 Å². The number of benzene rings is 2. The molecule has 0 radical (unpaired) electrons. The van der Waals surface area contributed by atoms with E-state index in [1.54, 1.807) is 6.07 Å². The van der Waals surface area contributed by atoms with Gasteiger partial charge in [-0.1, -0.05) is 33.6 Å². The van der Waals surface area contributed by atoms with Gasteiger partial charge in [0.15, 0.2) is 11.5 Å². The maximum absolute atomic E-state index is 13.2. The fourth-order valence-corrected chi connectivity index (χ4v) is 3.93. The lowest BCUT2D eigenvalue weighted by Crippen LogP contribution is -2.27. The average molecular weight is 473 g/mol. The van der Waals surface area contributed by atoms with E-state index < -0.39 is 17.0 Å². The molecule has 2 amide bonds. The number of amides is 2. The van der Waals surface area contributed by atoms with Crippen LogP contribution < -0.4 is 4.74 Å². The Morgan fingerprint density at radius 3 is 2.74 bits per heavy atom. The summed E-state index contributed by atoms with van der Waals surface area (Å²) in [5.41, 5.74) is 1.03. The summed E-state index contributed by atoms with van der Waals surface area (Å²) in [4.78, 5) is 26.2. The number of methoxy groups -OCH3 is 1. The molecule has 1 fully saturated rings. The Morgan fingerprint density at radius 2 is 2.07 bits per heavy atom. The summed E-state index contributed by atoms with van der Waals surface area (Å²) in [5, 5.41) is 9.47. The van der Waals surface area contributed by atoms with Crippen LogP contribution in [-0.4, -0.2) is 28.3 Å². The first kappa shape index (κ1) is 19.7. The van der Waals surface area contributed by atoms with Gasteiger partial charge in [-0.3, -0.25) is 14.5 Å². The average Bonchev–Trinajstić information content (AvgIpc) is 2.87. The third kappa shape index (κ3) is 4.12. The minimum absolute atomic E-state index is 0.0544. The molecule has 27 heavy (non-hydrogen) atoms. The highest BCUT2D eigenvalue weighted by atomic mass is 79.9. The molecule has 1 heterocycles. The Balaban J connectivity index is 1.89. The number of rotatable bonds is 4. The number of nitrogens with zero attached hydrogens (tertiary/aromatic N) is 1. The zero-order valence-corrected chi connectivity index (χ0v) is 17.0. The molecule has 2 aromatic rings. The van der Waals surface area contributed by atoms with Gasteiger partial charge in [0.25, 0.3) is 11.1 Å². The van der Waals surface area contributed by atoms with Crippen LogP contribution in [0.1, 0.15) is 11.1 Å². The SMILES string of the molecule is COc1cc(/C=C2/SC(=O)N(Cc3ccc(F)cc3Cl)C2=O)c(Br)cc1O. The Hall–Kier alpha value is -2.03. The molecule has 0 unspecified atom stereocenters. The monoisotopic (exact) mass is 471 g/mol. The molecule has 0 saturated carbocycles. The van der Waals surface area contributed by atoms with Crippen molar-refractivity contribution in [3.8, 4) is 11.5 Å². The zero-order valence-electron chi connectivity index (χ0n) is 13.8. The Kier molecular flexibility index (Phi) is 5.78. The van der Waals surface area contributed by atoms with E-state index in [-0.39, 0.29) is 28.0 Å². The van der Waals surface area contributed by atoms with Crippen molar-refractivity contribution < 1.29 is 23.8 Å². The molecule has 2 aromatic carbocycles. The summed E-state index contributed by atoms with van der Waals surface area (Å²) in [7, 11) is 1.41. The maximum atomic E-state index is 13.2. The second-order valence-electron chi connectivity index (χ2n) is 5.55. The molecule has 0 aliphatic carbocycles. The van der Waals surface area contributed by atoms with Crippen molar-refractivity contribution in [2.24, 2.45) is 0 Å². The molecule has 0 atom stereocenters. The lowest BCUT2D eigenvalue weighted by molar-refractivity contribution is -0.123. The summed E-state index contributed by atoms with van der Waals surface area (Å²) in [5.74, 6) is -0.796. The largest absolute Gasteiger partial charge is 0.504 e. The zero-order chi connectivity index (χ0) is 19.7. The number of phenolic OH excluding ortho intramolecular Hbond substituents is 1. The summed E-state index contributed by atoms with van der Waals surface area (Å²) < 4.78 is 18.8. The van der Waals surface area contributed by atoms with Crippen molar-refractivity contribution in [1.82, 2.24) is 4.90 Å². The number of hydrogen-bond donors (Lipinski definition) is 1. The Labute approximate surface area is 171 Å². The molecule has 140 valence electrons. The van der Waals surface area contributed by atoms with Gasteiger partial charge in [0.1, 0.15) is 5.82 Å². The topological polar surface area (TPSA) is 66.8 Å². The molecule has 0 bridgehead atoms. The highest BCUT2D eigenvalue weighted by Crippen LogP contribution is 2.38. The first-order valence-corrected chi connectivity index (χ1v) is 9.54. The van der Waals surface area contributed by atoms with Crippen LogP contribution in [0.3, 0.4) is 0 Å². The fourth-order valence-electron chi connectivity index (χ4n) is 2.43. The predicted molar refractivity (Wildman–Crippen MR) is 105 cm³/mol. The van der Waals surface area contributed by atoms with Gasteiger partial charge in [-0.2, -0.15) is 0 Å². The van der Waals surface area contributed by atoms with Crippen LogP contribution >= 0.6 is 39.3 Å². The van der Waals surface area contributed by atoms with Crippen LogP contribution in [-0.2, 0) is 11.3 Å². The summed E-state index contributed by atoms with van der Waals surface area (Å²) in [6.07, 6.45) is 1.53. The minimum atomic E-state index is -0.496. The summed E-state index contributed by atoms with van der Waals surface area (Å²) in [6.45, 7) is -0.0544. The lowest BCUT2D eigenvalue weighted by atomic mass is 10.1. The van der Waals surface area contributed by atoms with Crippen molar-refractivity contribution in [1.29, 1.82) is 0 Å². The van der Waals surface area contributed by atoms with Gasteiger partial charge in [0, 0.05) is 9.50 Å². The first-order chi connectivity index (χ1) is 12.8. The number of carbonyl (C=O) groups is 2.